The number of terminal acetylenes is 1. The molecule has 0 fully saturated rings. The third-order valence-electron chi connectivity index (χ3n) is 0. The zero-order valence-corrected chi connectivity index (χ0v) is 5.74. The molecular weight excluding hydrogens is 252 g/mol. The molecule has 0 saturated heterocycles. The third-order valence-corrected chi connectivity index (χ3v) is 0. The molecule has 1 unspecified atom stereocenters. The fourth-order valence-electron chi connectivity index (χ4n) is 0. The van der Waals surface area contributed by atoms with Gasteiger partial charge in [0.25, 0.3) is 0 Å². The minimum absolute atomic E-state index is 0. The van der Waals surface area contributed by atoms with Gasteiger partial charge in [0.15, 0.2) is 0 Å². The van der Waals surface area contributed by atoms with Crippen LogP contribution in [0.4, 0.5) is 0 Å². The molecule has 29 valence electrons. The summed E-state index contributed by atoms with van der Waals surface area (Å²) < 4.78 is 0. The van der Waals surface area contributed by atoms with Crippen molar-refractivity contribution in [2.75, 3.05) is 0 Å². The Kier molecular flexibility index (Phi) is 287. The van der Waals surface area contributed by atoms with Crippen molar-refractivity contribution in [1.82, 2.24) is 0 Å². The summed E-state index contributed by atoms with van der Waals surface area (Å²) in [6.45, 7) is 0. The second kappa shape index (κ2) is 52.1. The maximum atomic E-state index is 4.00. The first-order valence-electron chi connectivity index (χ1n) is 0.333. The molecule has 0 aliphatic carbocycles. The van der Waals surface area contributed by atoms with Gasteiger partial charge in [0, 0.05) is 22.4 Å². The monoisotopic (exact) mass is 257 g/mol. The molecular formula is C2H5AuP. The standard InChI is InChI=1S/C2H2.Au.H3P/c1-2;;/h1-2H;;1H3. The first-order valence-corrected chi connectivity index (χ1v) is 0.333. The van der Waals surface area contributed by atoms with E-state index in [1.807, 2.05) is 0 Å². The van der Waals surface area contributed by atoms with Gasteiger partial charge >= 0.3 is 0 Å². The van der Waals surface area contributed by atoms with Crippen LogP contribution in [0.3, 0.4) is 0 Å². The van der Waals surface area contributed by atoms with Crippen molar-refractivity contribution >= 4 is 9.90 Å². The second-order valence-electron chi connectivity index (χ2n) is 0. The summed E-state index contributed by atoms with van der Waals surface area (Å²) in [5.74, 6) is 0. The second-order valence-corrected chi connectivity index (χ2v) is 0. The molecule has 1 radical (unpaired) electrons. The molecule has 2 heteroatoms. The van der Waals surface area contributed by atoms with Crippen LogP contribution in [-0.4, -0.2) is 0 Å². The fourth-order valence-corrected chi connectivity index (χ4v) is 0. The number of hydrogen-bond acceptors (Lipinski definition) is 0. The largest absolute Gasteiger partial charge is 0.153 e. The van der Waals surface area contributed by atoms with Crippen molar-refractivity contribution in [3.05, 3.63) is 0 Å². The van der Waals surface area contributed by atoms with Crippen molar-refractivity contribution in [3.63, 3.8) is 0 Å². The summed E-state index contributed by atoms with van der Waals surface area (Å²) in [6.07, 6.45) is 8.00. The van der Waals surface area contributed by atoms with Gasteiger partial charge in [-0.2, -0.15) is 9.90 Å². The molecule has 0 aromatic rings. The van der Waals surface area contributed by atoms with Crippen molar-refractivity contribution in [1.29, 1.82) is 0 Å². The number of hydrogen-bond donors (Lipinski definition) is 0. The molecule has 0 saturated carbocycles. The van der Waals surface area contributed by atoms with E-state index in [1.165, 1.54) is 0 Å². The van der Waals surface area contributed by atoms with Crippen LogP contribution in [-0.2, 0) is 22.4 Å². The predicted molar refractivity (Wildman–Crippen MR) is 21.0 cm³/mol. The Bertz CT molecular complexity index is 10.8. The molecule has 0 aromatic heterocycles. The van der Waals surface area contributed by atoms with Gasteiger partial charge in [-0.25, -0.2) is 0 Å². The van der Waals surface area contributed by atoms with Gasteiger partial charge in [0.2, 0.25) is 0 Å². The van der Waals surface area contributed by atoms with Gasteiger partial charge in [-0.3, -0.25) is 0 Å². The van der Waals surface area contributed by atoms with Gasteiger partial charge in [-0.05, 0) is 0 Å². The molecule has 0 heterocycles. The molecule has 0 rings (SSSR count). The van der Waals surface area contributed by atoms with E-state index >= 15 is 0 Å². The smallest absolute Gasteiger partial charge is 0 e. The molecule has 0 aliphatic heterocycles. The molecule has 0 N–H and O–H groups in total. The van der Waals surface area contributed by atoms with E-state index in [0.29, 0.717) is 0 Å². The Labute approximate surface area is 45.5 Å². The molecule has 0 aliphatic rings. The zero-order valence-electron chi connectivity index (χ0n) is 2.16. The van der Waals surface area contributed by atoms with Gasteiger partial charge < -0.3 is 0 Å². The Morgan fingerprint density at radius 2 is 1.00 bits per heavy atom. The summed E-state index contributed by atoms with van der Waals surface area (Å²) in [6, 6.07) is 0. The van der Waals surface area contributed by atoms with Crippen molar-refractivity contribution in [3.8, 4) is 12.8 Å². The summed E-state index contributed by atoms with van der Waals surface area (Å²) in [7, 11) is 0. The van der Waals surface area contributed by atoms with E-state index in [4.69, 9.17) is 0 Å². The normalized spacial score (nSPS) is 0.500. The van der Waals surface area contributed by atoms with Crippen molar-refractivity contribution in [2.45, 2.75) is 0 Å². The van der Waals surface area contributed by atoms with Crippen LogP contribution in [0.2, 0.25) is 0 Å². The van der Waals surface area contributed by atoms with Crippen LogP contribution >= 0.6 is 9.90 Å². The maximum Gasteiger partial charge on any atom is 0 e. The van der Waals surface area contributed by atoms with Crippen LogP contribution < -0.4 is 0 Å². The fraction of sp³-hybridized carbons (Fsp3) is 0. The number of rotatable bonds is 0. The Morgan fingerprint density at radius 1 is 1.00 bits per heavy atom. The van der Waals surface area contributed by atoms with Crippen molar-refractivity contribution in [2.24, 2.45) is 0 Å². The molecule has 4 heavy (non-hydrogen) atoms. The van der Waals surface area contributed by atoms with E-state index in [9.17, 15) is 0 Å². The van der Waals surface area contributed by atoms with Crippen LogP contribution in [0, 0.1) is 12.8 Å². The molecule has 0 nitrogen and oxygen atoms in total. The molecule has 0 bridgehead atoms. The quantitative estimate of drug-likeness (QED) is 0.333. The first-order chi connectivity index (χ1) is 1.00. The summed E-state index contributed by atoms with van der Waals surface area (Å²) in [4.78, 5) is 0. The van der Waals surface area contributed by atoms with Crippen LogP contribution in [0.15, 0.2) is 0 Å². The average Bonchev–Trinajstić information content (AvgIpc) is 1.00. The Morgan fingerprint density at radius 3 is 1.00 bits per heavy atom. The van der Waals surface area contributed by atoms with Gasteiger partial charge in [0.05, 0.1) is 0 Å². The van der Waals surface area contributed by atoms with Crippen LogP contribution in [0.5, 0.6) is 0 Å². The van der Waals surface area contributed by atoms with E-state index in [2.05, 4.69) is 12.8 Å². The van der Waals surface area contributed by atoms with Crippen molar-refractivity contribution < 1.29 is 22.4 Å². The Hall–Kier alpha value is 0.730. The van der Waals surface area contributed by atoms with Gasteiger partial charge in [-0.15, -0.1) is 12.8 Å². The maximum absolute atomic E-state index is 4.00. The topological polar surface area (TPSA) is 0 Å². The SMILES string of the molecule is C#C.P.[Au]. The van der Waals surface area contributed by atoms with Crippen LogP contribution in [0.1, 0.15) is 0 Å². The Balaban J connectivity index is -0.00000000500. The predicted octanol–water partition coefficient (Wildman–Crippen LogP) is 0.305. The van der Waals surface area contributed by atoms with E-state index < -0.39 is 0 Å². The molecule has 1 atom stereocenters. The minimum Gasteiger partial charge on any atom is -0.153 e. The minimum atomic E-state index is 0. The first kappa shape index (κ1) is 22.0. The molecule has 0 spiro atoms. The summed E-state index contributed by atoms with van der Waals surface area (Å²) in [5, 5.41) is 0. The van der Waals surface area contributed by atoms with E-state index in [0.717, 1.165) is 0 Å². The van der Waals surface area contributed by atoms with Crippen LogP contribution in [0.25, 0.3) is 0 Å². The average molecular weight is 257 g/mol. The molecule has 0 amide bonds. The van der Waals surface area contributed by atoms with Gasteiger partial charge in [-0.1, -0.05) is 0 Å². The summed E-state index contributed by atoms with van der Waals surface area (Å²) >= 11 is 0. The van der Waals surface area contributed by atoms with Gasteiger partial charge in [0.1, 0.15) is 0 Å². The zero-order chi connectivity index (χ0) is 2.00. The third kappa shape index (κ3) is 15.3. The molecule has 0 aromatic carbocycles. The van der Waals surface area contributed by atoms with E-state index in [-0.39, 0.29) is 32.3 Å². The summed E-state index contributed by atoms with van der Waals surface area (Å²) in [5.41, 5.74) is 0. The van der Waals surface area contributed by atoms with E-state index in [1.54, 1.807) is 0 Å².